The Bertz CT molecular complexity index is 1120. The Morgan fingerprint density at radius 2 is 1.79 bits per heavy atom. The van der Waals surface area contributed by atoms with Crippen LogP contribution in [-0.4, -0.2) is 34.5 Å². The molecule has 3 aromatic rings. The van der Waals surface area contributed by atoms with Crippen LogP contribution in [0.4, 0.5) is 10.5 Å². The van der Waals surface area contributed by atoms with E-state index in [1.807, 2.05) is 35.0 Å². The molecular formula is C21H16N4O4. The Kier molecular flexibility index (Phi) is 4.66. The predicted molar refractivity (Wildman–Crippen MR) is 106 cm³/mol. The highest BCUT2D eigenvalue weighted by molar-refractivity contribution is 6.39. The first-order valence-electron chi connectivity index (χ1n) is 8.72. The highest BCUT2D eigenvalue weighted by atomic mass is 16.5. The van der Waals surface area contributed by atoms with Gasteiger partial charge in [-0.05, 0) is 54.6 Å². The fraction of sp³-hybridized carbons (Fsp3) is 0.0476. The van der Waals surface area contributed by atoms with Crippen molar-refractivity contribution in [2.75, 3.05) is 12.0 Å². The second kappa shape index (κ2) is 7.43. The second-order valence-electron chi connectivity index (χ2n) is 6.17. The zero-order chi connectivity index (χ0) is 20.4. The maximum Gasteiger partial charge on any atom is 0.336 e. The Morgan fingerprint density at radius 1 is 1.00 bits per heavy atom. The molecule has 1 aliphatic rings. The number of methoxy groups -OCH3 is 1. The highest BCUT2D eigenvalue weighted by Gasteiger charge is 2.37. The van der Waals surface area contributed by atoms with E-state index < -0.39 is 17.8 Å². The van der Waals surface area contributed by atoms with E-state index in [4.69, 9.17) is 4.74 Å². The summed E-state index contributed by atoms with van der Waals surface area (Å²) in [6.45, 7) is 0. The zero-order valence-electron chi connectivity index (χ0n) is 15.4. The van der Waals surface area contributed by atoms with Gasteiger partial charge < -0.3 is 9.30 Å². The lowest BCUT2D eigenvalue weighted by atomic mass is 10.1. The molecule has 1 aliphatic heterocycles. The molecule has 8 nitrogen and oxygen atoms in total. The van der Waals surface area contributed by atoms with E-state index in [1.54, 1.807) is 31.4 Å². The molecular weight excluding hydrogens is 372 g/mol. The summed E-state index contributed by atoms with van der Waals surface area (Å²) in [7, 11) is 1.59. The van der Waals surface area contributed by atoms with Crippen LogP contribution in [-0.2, 0) is 9.59 Å². The Labute approximate surface area is 166 Å². The molecule has 1 saturated heterocycles. The van der Waals surface area contributed by atoms with Gasteiger partial charge in [0, 0.05) is 23.8 Å². The molecule has 0 saturated carbocycles. The molecule has 1 N–H and O–H groups in total. The number of hydrogen-bond donors (Lipinski definition) is 1. The lowest BCUT2D eigenvalue weighted by Gasteiger charge is -2.26. The molecule has 1 aromatic carbocycles. The zero-order valence-corrected chi connectivity index (χ0v) is 15.4. The van der Waals surface area contributed by atoms with Crippen LogP contribution in [0.1, 0.15) is 5.69 Å². The van der Waals surface area contributed by atoms with Crippen molar-refractivity contribution in [1.29, 1.82) is 0 Å². The average Bonchev–Trinajstić information content (AvgIpc) is 3.20. The number of barbiturate groups is 1. The number of amides is 4. The second-order valence-corrected chi connectivity index (χ2v) is 6.17. The fourth-order valence-corrected chi connectivity index (χ4v) is 3.02. The van der Waals surface area contributed by atoms with Crippen molar-refractivity contribution in [3.05, 3.63) is 78.4 Å². The highest BCUT2D eigenvalue weighted by Crippen LogP contribution is 2.23. The number of imide groups is 2. The number of carbonyl (C=O) groups is 3. The number of pyridine rings is 1. The average molecular weight is 388 g/mol. The molecule has 3 heterocycles. The molecule has 0 radical (unpaired) electrons. The molecule has 144 valence electrons. The topological polar surface area (TPSA) is 93.5 Å². The Hall–Kier alpha value is -4.20. The van der Waals surface area contributed by atoms with Crippen LogP contribution in [0.2, 0.25) is 0 Å². The van der Waals surface area contributed by atoms with E-state index in [0.29, 0.717) is 11.4 Å². The third-order valence-electron chi connectivity index (χ3n) is 4.43. The molecule has 0 aliphatic carbocycles. The number of benzene rings is 1. The van der Waals surface area contributed by atoms with Crippen LogP contribution in [0.3, 0.4) is 0 Å². The number of nitrogens with one attached hydrogen (secondary N) is 1. The minimum atomic E-state index is -0.810. The third kappa shape index (κ3) is 3.39. The first-order chi connectivity index (χ1) is 14.1. The summed E-state index contributed by atoms with van der Waals surface area (Å²) in [5, 5.41) is 2.20. The van der Waals surface area contributed by atoms with Gasteiger partial charge in [0.1, 0.15) is 11.3 Å². The van der Waals surface area contributed by atoms with Crippen LogP contribution in [0.25, 0.3) is 11.8 Å². The molecule has 4 amide bonds. The molecule has 0 bridgehead atoms. The van der Waals surface area contributed by atoms with Crippen LogP contribution in [0.15, 0.2) is 72.7 Å². The van der Waals surface area contributed by atoms with Crippen LogP contribution < -0.4 is 15.0 Å². The monoisotopic (exact) mass is 388 g/mol. The number of ether oxygens (including phenoxy) is 1. The molecule has 0 atom stereocenters. The summed E-state index contributed by atoms with van der Waals surface area (Å²) in [5.41, 5.74) is 1.56. The number of anilines is 1. The molecule has 2 aromatic heterocycles. The van der Waals surface area contributed by atoms with Crippen LogP contribution in [0, 0.1) is 0 Å². The van der Waals surface area contributed by atoms with E-state index >= 15 is 0 Å². The van der Waals surface area contributed by atoms with Crippen molar-refractivity contribution in [3.8, 4) is 11.4 Å². The quantitative estimate of drug-likeness (QED) is 0.548. The Balaban J connectivity index is 1.72. The van der Waals surface area contributed by atoms with Crippen molar-refractivity contribution in [2.45, 2.75) is 0 Å². The van der Waals surface area contributed by atoms with Gasteiger partial charge in [-0.3, -0.25) is 19.9 Å². The van der Waals surface area contributed by atoms with Crippen molar-refractivity contribution in [2.24, 2.45) is 0 Å². The number of urea groups is 1. The lowest BCUT2D eigenvalue weighted by Crippen LogP contribution is -2.54. The summed E-state index contributed by atoms with van der Waals surface area (Å²) in [6, 6.07) is 13.3. The molecule has 0 unspecified atom stereocenters. The van der Waals surface area contributed by atoms with Gasteiger partial charge in [0.15, 0.2) is 0 Å². The summed E-state index contributed by atoms with van der Waals surface area (Å²) >= 11 is 0. The summed E-state index contributed by atoms with van der Waals surface area (Å²) in [6.07, 6.45) is 6.17. The normalized spacial score (nSPS) is 15.6. The number of rotatable bonds is 4. The maximum atomic E-state index is 12.9. The van der Waals surface area contributed by atoms with Gasteiger partial charge in [0.2, 0.25) is 0 Å². The van der Waals surface area contributed by atoms with Gasteiger partial charge in [-0.1, -0.05) is 0 Å². The fourth-order valence-electron chi connectivity index (χ4n) is 3.02. The number of nitrogens with zero attached hydrogens (tertiary/aromatic N) is 3. The first-order valence-corrected chi connectivity index (χ1v) is 8.72. The number of hydrogen-bond acceptors (Lipinski definition) is 5. The van der Waals surface area contributed by atoms with E-state index in [9.17, 15) is 14.4 Å². The van der Waals surface area contributed by atoms with Crippen molar-refractivity contribution in [3.63, 3.8) is 0 Å². The summed E-state index contributed by atoms with van der Waals surface area (Å²) in [4.78, 5) is 42.3. The van der Waals surface area contributed by atoms with Crippen molar-refractivity contribution in [1.82, 2.24) is 14.9 Å². The maximum absolute atomic E-state index is 12.9. The van der Waals surface area contributed by atoms with E-state index in [1.165, 1.54) is 18.5 Å². The van der Waals surface area contributed by atoms with E-state index in [0.717, 1.165) is 10.6 Å². The first kappa shape index (κ1) is 18.2. The van der Waals surface area contributed by atoms with E-state index in [2.05, 4.69) is 10.3 Å². The molecule has 8 heteroatoms. The predicted octanol–water partition coefficient (Wildman–Crippen LogP) is 2.55. The van der Waals surface area contributed by atoms with Gasteiger partial charge in [-0.15, -0.1) is 0 Å². The minimum Gasteiger partial charge on any atom is -0.497 e. The Morgan fingerprint density at radius 3 is 2.48 bits per heavy atom. The smallest absolute Gasteiger partial charge is 0.336 e. The van der Waals surface area contributed by atoms with Gasteiger partial charge in [0.25, 0.3) is 11.8 Å². The van der Waals surface area contributed by atoms with Gasteiger partial charge in [-0.25, -0.2) is 9.69 Å². The van der Waals surface area contributed by atoms with Crippen molar-refractivity contribution < 1.29 is 19.1 Å². The molecule has 0 spiro atoms. The standard InChI is InChI=1S/C21H16N4O4/c1-29-17-8-6-14(7-9-17)24-11-3-5-15(24)12-18-19(26)23-21(28)25(20(18)27)16-4-2-10-22-13-16/h2-13H,1H3,(H,23,26,28)/b18-12-. The van der Waals surface area contributed by atoms with Crippen LogP contribution in [0.5, 0.6) is 5.75 Å². The van der Waals surface area contributed by atoms with Crippen molar-refractivity contribution >= 4 is 29.6 Å². The van der Waals surface area contributed by atoms with Gasteiger partial charge in [-0.2, -0.15) is 0 Å². The number of aromatic nitrogens is 2. The summed E-state index contributed by atoms with van der Waals surface area (Å²) in [5.74, 6) is -0.745. The van der Waals surface area contributed by atoms with E-state index in [-0.39, 0.29) is 11.3 Å². The molecule has 4 rings (SSSR count). The molecule has 29 heavy (non-hydrogen) atoms. The van der Waals surface area contributed by atoms with Crippen LogP contribution >= 0.6 is 0 Å². The van der Waals surface area contributed by atoms with Gasteiger partial charge in [0.05, 0.1) is 19.0 Å². The summed E-state index contributed by atoms with van der Waals surface area (Å²) < 4.78 is 6.99. The largest absolute Gasteiger partial charge is 0.497 e. The SMILES string of the molecule is COc1ccc(-n2cccc2/C=C2/C(=O)NC(=O)N(c3cccnc3)C2=O)cc1. The number of carbonyl (C=O) groups excluding carboxylic acids is 3. The minimum absolute atomic E-state index is 0.151. The van der Waals surface area contributed by atoms with Gasteiger partial charge >= 0.3 is 6.03 Å². The third-order valence-corrected chi connectivity index (χ3v) is 4.43. The lowest BCUT2D eigenvalue weighted by molar-refractivity contribution is -0.122. The molecule has 1 fully saturated rings.